The van der Waals surface area contributed by atoms with Crippen LogP contribution in [0, 0.1) is 5.41 Å². The van der Waals surface area contributed by atoms with E-state index in [1.807, 2.05) is 31.2 Å². The Balaban J connectivity index is 1.92. The average Bonchev–Trinajstić information content (AvgIpc) is 2.78. The van der Waals surface area contributed by atoms with Gasteiger partial charge in [-0.1, -0.05) is 30.7 Å². The predicted molar refractivity (Wildman–Crippen MR) is 74.1 cm³/mol. The van der Waals surface area contributed by atoms with E-state index in [1.54, 1.807) is 0 Å². The quantitative estimate of drug-likeness (QED) is 0.766. The summed E-state index contributed by atoms with van der Waals surface area (Å²) in [5.41, 5.74) is 7.51. The van der Waals surface area contributed by atoms with Crippen LogP contribution in [0.25, 0.3) is 0 Å². The van der Waals surface area contributed by atoms with Crippen molar-refractivity contribution in [3.05, 3.63) is 35.4 Å². The molecule has 2 atom stereocenters. The fraction of sp³-hybridized carbons (Fsp3) is 0.533. The van der Waals surface area contributed by atoms with Crippen LogP contribution in [0.2, 0.25) is 0 Å². The third-order valence-corrected chi connectivity index (χ3v) is 4.21. The van der Waals surface area contributed by atoms with E-state index < -0.39 is 5.41 Å². The molecule has 4 heteroatoms. The van der Waals surface area contributed by atoms with Crippen molar-refractivity contribution in [3.8, 4) is 0 Å². The molecule has 104 valence electrons. The van der Waals surface area contributed by atoms with Gasteiger partial charge in [0.1, 0.15) is 0 Å². The lowest BCUT2D eigenvalue weighted by molar-refractivity contribution is -0.130. The van der Waals surface area contributed by atoms with Crippen LogP contribution in [-0.2, 0) is 17.9 Å². The van der Waals surface area contributed by atoms with Gasteiger partial charge in [-0.05, 0) is 30.9 Å². The highest BCUT2D eigenvalue weighted by Gasteiger charge is 2.42. The molecule has 0 bridgehead atoms. The normalized spacial score (nSPS) is 26.4. The first-order valence-corrected chi connectivity index (χ1v) is 6.79. The lowest BCUT2D eigenvalue weighted by Gasteiger charge is -2.27. The molecule has 1 amide bonds. The average molecular weight is 262 g/mol. The summed E-state index contributed by atoms with van der Waals surface area (Å²) in [6.45, 7) is 2.50. The maximum absolute atomic E-state index is 12.2. The zero-order valence-electron chi connectivity index (χ0n) is 11.4. The lowest BCUT2D eigenvalue weighted by atomic mass is 9.84. The summed E-state index contributed by atoms with van der Waals surface area (Å²) in [6, 6.07) is 7.53. The zero-order valence-corrected chi connectivity index (χ0v) is 11.4. The van der Waals surface area contributed by atoms with E-state index in [2.05, 4.69) is 5.32 Å². The van der Waals surface area contributed by atoms with E-state index in [9.17, 15) is 4.79 Å². The van der Waals surface area contributed by atoms with Gasteiger partial charge in [0.25, 0.3) is 0 Å². The summed E-state index contributed by atoms with van der Waals surface area (Å²) in [5.74, 6) is 0.0451. The van der Waals surface area contributed by atoms with Crippen molar-refractivity contribution < 1.29 is 9.90 Å². The number of rotatable bonds is 4. The van der Waals surface area contributed by atoms with Gasteiger partial charge in [-0.15, -0.1) is 0 Å². The second kappa shape index (κ2) is 5.72. The molecule has 2 unspecified atom stereocenters. The van der Waals surface area contributed by atoms with Gasteiger partial charge in [-0.3, -0.25) is 4.79 Å². The van der Waals surface area contributed by atoms with Crippen LogP contribution in [0.5, 0.6) is 0 Å². The van der Waals surface area contributed by atoms with Gasteiger partial charge in [0.2, 0.25) is 5.91 Å². The molecule has 0 aliphatic heterocycles. The molecule has 2 rings (SSSR count). The number of aliphatic hydroxyl groups is 1. The van der Waals surface area contributed by atoms with Crippen LogP contribution < -0.4 is 11.1 Å². The Morgan fingerprint density at radius 2 is 2.05 bits per heavy atom. The van der Waals surface area contributed by atoms with E-state index in [1.165, 1.54) is 0 Å². The van der Waals surface area contributed by atoms with Crippen molar-refractivity contribution in [3.63, 3.8) is 0 Å². The Hall–Kier alpha value is -1.39. The SMILES string of the molecule is CC1(C(=O)NCc2ccc(CO)cc2)CCCC1N. The molecule has 0 heterocycles. The minimum absolute atomic E-state index is 0.0377. The number of nitrogens with two attached hydrogens (primary N) is 1. The first kappa shape index (κ1) is 14.0. The number of hydrogen-bond donors (Lipinski definition) is 3. The van der Waals surface area contributed by atoms with Crippen molar-refractivity contribution in [2.45, 2.75) is 45.4 Å². The van der Waals surface area contributed by atoms with Gasteiger partial charge in [-0.25, -0.2) is 0 Å². The van der Waals surface area contributed by atoms with Crippen LogP contribution in [0.1, 0.15) is 37.3 Å². The molecule has 1 aromatic rings. The number of benzene rings is 1. The minimum Gasteiger partial charge on any atom is -0.392 e. The highest BCUT2D eigenvalue weighted by molar-refractivity contribution is 5.83. The molecule has 1 fully saturated rings. The second-order valence-electron chi connectivity index (χ2n) is 5.57. The molecule has 0 spiro atoms. The van der Waals surface area contributed by atoms with E-state index in [-0.39, 0.29) is 18.6 Å². The largest absolute Gasteiger partial charge is 0.392 e. The monoisotopic (exact) mass is 262 g/mol. The van der Waals surface area contributed by atoms with Crippen molar-refractivity contribution in [1.29, 1.82) is 0 Å². The summed E-state index contributed by atoms with van der Waals surface area (Å²) < 4.78 is 0. The highest BCUT2D eigenvalue weighted by atomic mass is 16.3. The summed E-state index contributed by atoms with van der Waals surface area (Å²) in [6.07, 6.45) is 2.81. The molecular formula is C15H22N2O2. The zero-order chi connectivity index (χ0) is 13.9. The number of aliphatic hydroxyl groups excluding tert-OH is 1. The lowest BCUT2D eigenvalue weighted by Crippen LogP contribution is -2.47. The fourth-order valence-electron chi connectivity index (χ4n) is 2.62. The van der Waals surface area contributed by atoms with Crippen LogP contribution in [0.15, 0.2) is 24.3 Å². The smallest absolute Gasteiger partial charge is 0.227 e. The Bertz CT molecular complexity index is 444. The van der Waals surface area contributed by atoms with Gasteiger partial charge in [-0.2, -0.15) is 0 Å². The van der Waals surface area contributed by atoms with Gasteiger partial charge >= 0.3 is 0 Å². The van der Waals surface area contributed by atoms with Crippen LogP contribution >= 0.6 is 0 Å². The predicted octanol–water partition coefficient (Wildman–Crippen LogP) is 1.31. The maximum atomic E-state index is 12.2. The van der Waals surface area contributed by atoms with Gasteiger partial charge < -0.3 is 16.2 Å². The summed E-state index contributed by atoms with van der Waals surface area (Å²) in [4.78, 5) is 12.2. The topological polar surface area (TPSA) is 75.3 Å². The number of nitrogens with one attached hydrogen (secondary N) is 1. The maximum Gasteiger partial charge on any atom is 0.227 e. The first-order valence-electron chi connectivity index (χ1n) is 6.79. The molecule has 1 aliphatic carbocycles. The third-order valence-electron chi connectivity index (χ3n) is 4.21. The molecule has 19 heavy (non-hydrogen) atoms. The molecule has 0 saturated heterocycles. The van der Waals surface area contributed by atoms with Crippen LogP contribution in [-0.4, -0.2) is 17.1 Å². The molecule has 1 aromatic carbocycles. The standard InChI is InChI=1S/C15H22N2O2/c1-15(8-2-3-13(15)16)14(19)17-9-11-4-6-12(10-18)7-5-11/h4-7,13,18H,2-3,8-10,16H2,1H3,(H,17,19). The molecule has 1 saturated carbocycles. The van der Waals surface area contributed by atoms with Crippen molar-refractivity contribution in [2.75, 3.05) is 0 Å². The summed E-state index contributed by atoms with van der Waals surface area (Å²) >= 11 is 0. The Labute approximate surface area is 114 Å². The molecular weight excluding hydrogens is 240 g/mol. The fourth-order valence-corrected chi connectivity index (χ4v) is 2.62. The third kappa shape index (κ3) is 2.96. The van der Waals surface area contributed by atoms with Gasteiger partial charge in [0.05, 0.1) is 12.0 Å². The van der Waals surface area contributed by atoms with Gasteiger partial charge in [0.15, 0.2) is 0 Å². The van der Waals surface area contributed by atoms with E-state index in [0.29, 0.717) is 6.54 Å². The molecule has 0 radical (unpaired) electrons. The summed E-state index contributed by atoms with van der Waals surface area (Å²) in [7, 11) is 0. The minimum atomic E-state index is -0.426. The van der Waals surface area contributed by atoms with Crippen molar-refractivity contribution in [1.82, 2.24) is 5.32 Å². The van der Waals surface area contributed by atoms with Crippen LogP contribution in [0.4, 0.5) is 0 Å². The van der Waals surface area contributed by atoms with E-state index >= 15 is 0 Å². The first-order chi connectivity index (χ1) is 9.06. The Kier molecular flexibility index (Phi) is 4.22. The summed E-state index contributed by atoms with van der Waals surface area (Å²) in [5, 5.41) is 11.9. The van der Waals surface area contributed by atoms with Gasteiger partial charge in [0, 0.05) is 12.6 Å². The number of carbonyl (C=O) groups excluding carboxylic acids is 1. The Morgan fingerprint density at radius 3 is 2.58 bits per heavy atom. The highest BCUT2D eigenvalue weighted by Crippen LogP contribution is 2.36. The van der Waals surface area contributed by atoms with Crippen molar-refractivity contribution in [2.24, 2.45) is 11.1 Å². The van der Waals surface area contributed by atoms with E-state index in [4.69, 9.17) is 10.8 Å². The Morgan fingerprint density at radius 1 is 1.42 bits per heavy atom. The number of carbonyl (C=O) groups is 1. The number of hydrogen-bond acceptors (Lipinski definition) is 3. The van der Waals surface area contributed by atoms with Crippen molar-refractivity contribution >= 4 is 5.91 Å². The number of amides is 1. The molecule has 4 N–H and O–H groups in total. The van der Waals surface area contributed by atoms with E-state index in [0.717, 1.165) is 30.4 Å². The molecule has 1 aliphatic rings. The molecule has 4 nitrogen and oxygen atoms in total. The molecule has 0 aromatic heterocycles. The second-order valence-corrected chi connectivity index (χ2v) is 5.57. The van der Waals surface area contributed by atoms with Crippen LogP contribution in [0.3, 0.4) is 0 Å².